The number of methoxy groups -OCH3 is 1. The molecule has 0 bridgehead atoms. The molecule has 0 unspecified atom stereocenters. The summed E-state index contributed by atoms with van der Waals surface area (Å²) in [5, 5.41) is 0. The number of carbonyl (C=O) groups is 1. The van der Waals surface area contributed by atoms with Gasteiger partial charge in [-0.15, -0.1) is 0 Å². The van der Waals surface area contributed by atoms with Gasteiger partial charge in [-0.3, -0.25) is 4.79 Å². The molecule has 0 aliphatic rings. The van der Waals surface area contributed by atoms with Crippen LogP contribution in [-0.2, 0) is 0 Å². The van der Waals surface area contributed by atoms with Gasteiger partial charge in [-0.1, -0.05) is 6.07 Å². The number of hydrogen-bond donors (Lipinski definition) is 2. The molecule has 6 heteroatoms. The Bertz CT molecular complexity index is 659. The Morgan fingerprint density at radius 2 is 1.95 bits per heavy atom. The molecule has 2 aromatic rings. The average Bonchev–Trinajstić information content (AvgIpc) is 2.40. The third-order valence-corrected chi connectivity index (χ3v) is 2.66. The van der Waals surface area contributed by atoms with E-state index in [9.17, 15) is 9.18 Å². The normalized spacial score (nSPS) is 10.1. The van der Waals surface area contributed by atoms with E-state index >= 15 is 0 Å². The lowest BCUT2D eigenvalue weighted by atomic mass is 10.1. The van der Waals surface area contributed by atoms with E-state index in [1.165, 1.54) is 19.2 Å². The fraction of sp³-hybridized carbons (Fsp3) is 0.0714. The van der Waals surface area contributed by atoms with Gasteiger partial charge < -0.3 is 20.9 Å². The number of carbonyl (C=O) groups excluding carboxylic acids is 1. The molecule has 5 nitrogen and oxygen atoms in total. The lowest BCUT2D eigenvalue weighted by Crippen LogP contribution is -2.14. The molecule has 2 aromatic carbocycles. The Balaban J connectivity index is 2.40. The van der Waals surface area contributed by atoms with Gasteiger partial charge in [0.25, 0.3) is 5.91 Å². The minimum Gasteiger partial charge on any atom is -0.497 e. The SMILES string of the molecule is COc1ccc(Oc2cccc(F)c2C(N)=O)c(N)c1. The van der Waals surface area contributed by atoms with Crippen LogP contribution in [0.15, 0.2) is 36.4 Å². The van der Waals surface area contributed by atoms with Gasteiger partial charge >= 0.3 is 0 Å². The monoisotopic (exact) mass is 276 g/mol. The summed E-state index contributed by atoms with van der Waals surface area (Å²) in [7, 11) is 1.51. The Morgan fingerprint density at radius 1 is 1.20 bits per heavy atom. The molecule has 2 rings (SSSR count). The van der Waals surface area contributed by atoms with Gasteiger partial charge in [-0.05, 0) is 24.3 Å². The highest BCUT2D eigenvalue weighted by atomic mass is 19.1. The highest BCUT2D eigenvalue weighted by molar-refractivity contribution is 5.96. The standard InChI is InChI=1S/C14H13FN2O3/c1-19-8-5-6-11(10(16)7-8)20-12-4-2-3-9(15)13(12)14(17)18/h2-7H,16H2,1H3,(H2,17,18). The van der Waals surface area contributed by atoms with E-state index in [0.717, 1.165) is 6.07 Å². The number of anilines is 1. The van der Waals surface area contributed by atoms with Gasteiger partial charge in [0.05, 0.1) is 12.8 Å². The van der Waals surface area contributed by atoms with Gasteiger partial charge in [0.1, 0.15) is 22.9 Å². The van der Waals surface area contributed by atoms with Crippen molar-refractivity contribution in [3.8, 4) is 17.2 Å². The van der Waals surface area contributed by atoms with Crippen molar-refractivity contribution in [2.75, 3.05) is 12.8 Å². The number of nitrogens with two attached hydrogens (primary N) is 2. The van der Waals surface area contributed by atoms with Crippen LogP contribution in [0.2, 0.25) is 0 Å². The van der Waals surface area contributed by atoms with Crippen LogP contribution in [-0.4, -0.2) is 13.0 Å². The van der Waals surface area contributed by atoms with Crippen molar-refractivity contribution in [1.82, 2.24) is 0 Å². The second-order valence-electron chi connectivity index (χ2n) is 3.98. The number of halogens is 1. The first-order chi connectivity index (χ1) is 9.52. The zero-order valence-electron chi connectivity index (χ0n) is 10.7. The number of ether oxygens (including phenoxy) is 2. The van der Waals surface area contributed by atoms with E-state index in [2.05, 4.69) is 0 Å². The van der Waals surface area contributed by atoms with Crippen molar-refractivity contribution in [3.05, 3.63) is 47.8 Å². The molecule has 1 amide bonds. The lowest BCUT2D eigenvalue weighted by molar-refractivity contribution is 0.0994. The molecule has 4 N–H and O–H groups in total. The minimum absolute atomic E-state index is 0.00867. The van der Waals surface area contributed by atoms with E-state index in [4.69, 9.17) is 20.9 Å². The van der Waals surface area contributed by atoms with Crippen molar-refractivity contribution in [2.24, 2.45) is 5.73 Å². The number of primary amides is 1. The Morgan fingerprint density at radius 3 is 2.55 bits per heavy atom. The molecule has 0 saturated heterocycles. The van der Waals surface area contributed by atoms with Crippen molar-refractivity contribution < 1.29 is 18.7 Å². The molecule has 0 fully saturated rings. The molecule has 0 aromatic heterocycles. The Kier molecular flexibility index (Phi) is 3.74. The van der Waals surface area contributed by atoms with E-state index in [0.29, 0.717) is 11.4 Å². The number of benzene rings is 2. The summed E-state index contributed by atoms with van der Waals surface area (Å²) in [6, 6.07) is 8.73. The van der Waals surface area contributed by atoms with Crippen LogP contribution in [0.4, 0.5) is 10.1 Å². The Hall–Kier alpha value is -2.76. The quantitative estimate of drug-likeness (QED) is 0.839. The van der Waals surface area contributed by atoms with Crippen LogP contribution in [0.25, 0.3) is 0 Å². The lowest BCUT2D eigenvalue weighted by Gasteiger charge is -2.12. The molecule has 104 valence electrons. The van der Waals surface area contributed by atoms with Crippen LogP contribution in [0.3, 0.4) is 0 Å². The largest absolute Gasteiger partial charge is 0.497 e. The summed E-state index contributed by atoms with van der Waals surface area (Å²) < 4.78 is 24.1. The topological polar surface area (TPSA) is 87.6 Å². The smallest absolute Gasteiger partial charge is 0.255 e. The summed E-state index contributed by atoms with van der Waals surface area (Å²) in [6.45, 7) is 0. The highest BCUT2D eigenvalue weighted by Crippen LogP contribution is 2.32. The average molecular weight is 276 g/mol. The number of rotatable bonds is 4. The van der Waals surface area contributed by atoms with E-state index < -0.39 is 11.7 Å². The van der Waals surface area contributed by atoms with Crippen molar-refractivity contribution in [2.45, 2.75) is 0 Å². The van der Waals surface area contributed by atoms with Crippen molar-refractivity contribution >= 4 is 11.6 Å². The van der Waals surface area contributed by atoms with Crippen molar-refractivity contribution in [3.63, 3.8) is 0 Å². The summed E-state index contributed by atoms with van der Waals surface area (Å²) in [5.74, 6) is -0.815. The number of amides is 1. The van der Waals surface area contributed by atoms with Crippen LogP contribution in [0.5, 0.6) is 17.2 Å². The molecule has 0 aliphatic carbocycles. The summed E-state index contributed by atoms with van der Waals surface area (Å²) in [6.07, 6.45) is 0. The zero-order valence-corrected chi connectivity index (χ0v) is 10.7. The van der Waals surface area contributed by atoms with Gasteiger partial charge in [0.15, 0.2) is 5.75 Å². The maximum absolute atomic E-state index is 13.6. The van der Waals surface area contributed by atoms with Gasteiger partial charge in [-0.2, -0.15) is 0 Å². The van der Waals surface area contributed by atoms with Crippen molar-refractivity contribution in [1.29, 1.82) is 0 Å². The minimum atomic E-state index is -0.912. The predicted octanol–water partition coefficient (Wildman–Crippen LogP) is 2.31. The third-order valence-electron chi connectivity index (χ3n) is 2.66. The zero-order chi connectivity index (χ0) is 14.7. The molecular weight excluding hydrogens is 263 g/mol. The molecule has 0 radical (unpaired) electrons. The van der Waals surface area contributed by atoms with E-state index in [1.807, 2.05) is 0 Å². The first-order valence-corrected chi connectivity index (χ1v) is 5.72. The van der Waals surface area contributed by atoms with E-state index in [-0.39, 0.29) is 17.1 Å². The first-order valence-electron chi connectivity index (χ1n) is 5.72. The number of nitrogen functional groups attached to an aromatic ring is 1. The first kappa shape index (κ1) is 13.7. The third kappa shape index (κ3) is 2.64. The number of hydrogen-bond acceptors (Lipinski definition) is 4. The van der Waals surface area contributed by atoms with Gasteiger partial charge in [-0.25, -0.2) is 4.39 Å². The Labute approximate surface area is 114 Å². The van der Waals surface area contributed by atoms with Crippen LogP contribution < -0.4 is 20.9 Å². The van der Waals surface area contributed by atoms with Gasteiger partial charge in [0, 0.05) is 6.07 Å². The second-order valence-corrected chi connectivity index (χ2v) is 3.98. The predicted molar refractivity (Wildman–Crippen MR) is 72.4 cm³/mol. The maximum atomic E-state index is 13.6. The van der Waals surface area contributed by atoms with Crippen LogP contribution in [0, 0.1) is 5.82 Å². The van der Waals surface area contributed by atoms with E-state index in [1.54, 1.807) is 18.2 Å². The molecular formula is C14H13FN2O3. The fourth-order valence-corrected chi connectivity index (χ4v) is 1.69. The molecule has 0 heterocycles. The summed E-state index contributed by atoms with van der Waals surface area (Å²) in [4.78, 5) is 11.3. The second kappa shape index (κ2) is 5.48. The van der Waals surface area contributed by atoms with Crippen LogP contribution in [0.1, 0.15) is 10.4 Å². The molecule has 0 saturated carbocycles. The maximum Gasteiger partial charge on any atom is 0.255 e. The highest BCUT2D eigenvalue weighted by Gasteiger charge is 2.16. The summed E-state index contributed by atoms with van der Waals surface area (Å²) >= 11 is 0. The van der Waals surface area contributed by atoms with Gasteiger partial charge in [0.2, 0.25) is 0 Å². The molecule has 0 spiro atoms. The van der Waals surface area contributed by atoms with Crippen LogP contribution >= 0.6 is 0 Å². The molecule has 0 aliphatic heterocycles. The summed E-state index contributed by atoms with van der Waals surface area (Å²) in [5.41, 5.74) is 10.9. The molecule has 0 atom stereocenters. The fourth-order valence-electron chi connectivity index (χ4n) is 1.69. The molecule has 20 heavy (non-hydrogen) atoms.